The molecule has 0 heterocycles. The van der Waals surface area contributed by atoms with Crippen molar-refractivity contribution in [1.82, 2.24) is 5.32 Å². The largest absolute Gasteiger partial charge is 0.494 e. The minimum Gasteiger partial charge on any atom is -0.494 e. The Morgan fingerprint density at radius 3 is 2.70 bits per heavy atom. The summed E-state index contributed by atoms with van der Waals surface area (Å²) in [4.78, 5) is 11.9. The van der Waals surface area contributed by atoms with Crippen LogP contribution in [0.2, 0.25) is 5.02 Å². The summed E-state index contributed by atoms with van der Waals surface area (Å²) in [5.41, 5.74) is 0.926. The first-order valence-corrected chi connectivity index (χ1v) is 8.32. The molecule has 1 N–H and O–H groups in total. The van der Waals surface area contributed by atoms with Gasteiger partial charge in [-0.3, -0.25) is 4.79 Å². The monoisotopic (exact) mass is 397 g/mol. The van der Waals surface area contributed by atoms with E-state index in [0.29, 0.717) is 28.4 Å². The van der Waals surface area contributed by atoms with Crippen LogP contribution < -0.4 is 14.8 Å². The third kappa shape index (κ3) is 5.44. The molecule has 0 saturated heterocycles. The Labute approximate surface area is 148 Å². The van der Waals surface area contributed by atoms with Gasteiger partial charge in [-0.1, -0.05) is 29.8 Å². The smallest absolute Gasteiger partial charge is 0.258 e. The molecule has 2 rings (SSSR count). The number of carbonyl (C=O) groups is 1. The SMILES string of the molecule is CCOc1ccccc1CNC(=O)COc1ccc(Cl)cc1Br. The average molecular weight is 399 g/mol. The lowest BCUT2D eigenvalue weighted by atomic mass is 10.2. The van der Waals surface area contributed by atoms with Crippen LogP contribution in [0.4, 0.5) is 0 Å². The number of rotatable bonds is 7. The van der Waals surface area contributed by atoms with Gasteiger partial charge in [-0.25, -0.2) is 0 Å². The molecule has 6 heteroatoms. The molecule has 23 heavy (non-hydrogen) atoms. The lowest BCUT2D eigenvalue weighted by Crippen LogP contribution is -2.28. The number of carbonyl (C=O) groups excluding carboxylic acids is 1. The fourth-order valence-corrected chi connectivity index (χ4v) is 2.72. The highest BCUT2D eigenvalue weighted by Crippen LogP contribution is 2.27. The van der Waals surface area contributed by atoms with Crippen molar-refractivity contribution in [3.63, 3.8) is 0 Å². The molecule has 0 radical (unpaired) electrons. The molecule has 1 amide bonds. The number of benzene rings is 2. The van der Waals surface area contributed by atoms with Crippen LogP contribution in [0.15, 0.2) is 46.9 Å². The maximum atomic E-state index is 11.9. The van der Waals surface area contributed by atoms with Crippen LogP contribution >= 0.6 is 27.5 Å². The lowest BCUT2D eigenvalue weighted by molar-refractivity contribution is -0.123. The van der Waals surface area contributed by atoms with Crippen molar-refractivity contribution in [2.45, 2.75) is 13.5 Å². The summed E-state index contributed by atoms with van der Waals surface area (Å²) < 4.78 is 11.7. The summed E-state index contributed by atoms with van der Waals surface area (Å²) in [5.74, 6) is 1.13. The van der Waals surface area contributed by atoms with E-state index in [1.54, 1.807) is 18.2 Å². The van der Waals surface area contributed by atoms with Crippen LogP contribution in [0.1, 0.15) is 12.5 Å². The van der Waals surface area contributed by atoms with Gasteiger partial charge in [0.25, 0.3) is 5.91 Å². The van der Waals surface area contributed by atoms with E-state index < -0.39 is 0 Å². The van der Waals surface area contributed by atoms with E-state index in [2.05, 4.69) is 21.2 Å². The molecule has 0 aliphatic carbocycles. The fraction of sp³-hybridized carbons (Fsp3) is 0.235. The summed E-state index contributed by atoms with van der Waals surface area (Å²) in [6, 6.07) is 12.7. The van der Waals surface area contributed by atoms with E-state index in [9.17, 15) is 4.79 Å². The second kappa shape index (κ2) is 8.79. The van der Waals surface area contributed by atoms with E-state index in [1.807, 2.05) is 31.2 Å². The van der Waals surface area contributed by atoms with Gasteiger partial charge in [0.05, 0.1) is 11.1 Å². The molecule has 0 bridgehead atoms. The van der Waals surface area contributed by atoms with E-state index in [1.165, 1.54) is 0 Å². The first-order chi connectivity index (χ1) is 11.1. The highest BCUT2D eigenvalue weighted by atomic mass is 79.9. The zero-order valence-corrected chi connectivity index (χ0v) is 15.0. The first kappa shape index (κ1) is 17.6. The van der Waals surface area contributed by atoms with E-state index in [0.717, 1.165) is 11.3 Å². The van der Waals surface area contributed by atoms with E-state index in [-0.39, 0.29) is 12.5 Å². The molecule has 2 aromatic carbocycles. The van der Waals surface area contributed by atoms with Gasteiger partial charge in [-0.05, 0) is 47.1 Å². The maximum absolute atomic E-state index is 11.9. The van der Waals surface area contributed by atoms with Crippen LogP contribution in [0, 0.1) is 0 Å². The Bertz CT molecular complexity index is 679. The van der Waals surface area contributed by atoms with Crippen LogP contribution in [-0.4, -0.2) is 19.1 Å². The summed E-state index contributed by atoms with van der Waals surface area (Å²) >= 11 is 9.20. The van der Waals surface area contributed by atoms with Gasteiger partial charge < -0.3 is 14.8 Å². The molecule has 0 fully saturated rings. The molecule has 0 spiro atoms. The molecular weight excluding hydrogens is 382 g/mol. The van der Waals surface area contributed by atoms with Gasteiger partial charge in [-0.2, -0.15) is 0 Å². The molecule has 0 aliphatic rings. The molecule has 0 saturated carbocycles. The molecule has 0 aliphatic heterocycles. The van der Waals surface area contributed by atoms with Crippen molar-refractivity contribution in [3.8, 4) is 11.5 Å². The number of amides is 1. The number of halogens is 2. The first-order valence-electron chi connectivity index (χ1n) is 7.15. The topological polar surface area (TPSA) is 47.6 Å². The van der Waals surface area contributed by atoms with E-state index in [4.69, 9.17) is 21.1 Å². The summed E-state index contributed by atoms with van der Waals surface area (Å²) in [6.07, 6.45) is 0. The van der Waals surface area contributed by atoms with E-state index >= 15 is 0 Å². The summed E-state index contributed by atoms with van der Waals surface area (Å²) in [5, 5.41) is 3.41. The zero-order valence-electron chi connectivity index (χ0n) is 12.6. The molecule has 2 aromatic rings. The van der Waals surface area contributed by atoms with Gasteiger partial charge in [-0.15, -0.1) is 0 Å². The van der Waals surface area contributed by atoms with Crippen molar-refractivity contribution < 1.29 is 14.3 Å². The molecule has 122 valence electrons. The fourth-order valence-electron chi connectivity index (χ4n) is 1.93. The van der Waals surface area contributed by atoms with Crippen LogP contribution in [0.25, 0.3) is 0 Å². The standard InChI is InChI=1S/C17H17BrClNO3/c1-2-22-15-6-4-3-5-12(15)10-20-17(21)11-23-16-8-7-13(19)9-14(16)18/h3-9H,2,10-11H2,1H3,(H,20,21). The van der Waals surface area contributed by atoms with Gasteiger partial charge >= 0.3 is 0 Å². The molecule has 0 aromatic heterocycles. The summed E-state index contributed by atoms with van der Waals surface area (Å²) in [6.45, 7) is 2.82. The average Bonchev–Trinajstić information content (AvgIpc) is 2.53. The number of ether oxygens (including phenoxy) is 2. The van der Waals surface area contributed by atoms with Crippen molar-refractivity contribution >= 4 is 33.4 Å². The minimum atomic E-state index is -0.210. The molecule has 0 atom stereocenters. The van der Waals surface area contributed by atoms with Crippen molar-refractivity contribution in [2.75, 3.05) is 13.2 Å². The van der Waals surface area contributed by atoms with Gasteiger partial charge in [0.1, 0.15) is 11.5 Å². The predicted octanol–water partition coefficient (Wildman–Crippen LogP) is 4.20. The molecule has 0 unspecified atom stereocenters. The Balaban J connectivity index is 1.86. The maximum Gasteiger partial charge on any atom is 0.258 e. The molecular formula is C17H17BrClNO3. The Hall–Kier alpha value is -1.72. The number of nitrogens with one attached hydrogen (secondary N) is 1. The Kier molecular flexibility index (Phi) is 6.74. The van der Waals surface area contributed by atoms with Crippen molar-refractivity contribution in [1.29, 1.82) is 0 Å². The van der Waals surface area contributed by atoms with Gasteiger partial charge in [0, 0.05) is 17.1 Å². The number of para-hydroxylation sites is 1. The van der Waals surface area contributed by atoms with Crippen LogP contribution in [-0.2, 0) is 11.3 Å². The lowest BCUT2D eigenvalue weighted by Gasteiger charge is -2.12. The zero-order chi connectivity index (χ0) is 16.7. The second-order valence-electron chi connectivity index (χ2n) is 4.68. The number of hydrogen-bond donors (Lipinski definition) is 1. The predicted molar refractivity (Wildman–Crippen MR) is 94.1 cm³/mol. The van der Waals surface area contributed by atoms with Gasteiger partial charge in [0.2, 0.25) is 0 Å². The summed E-state index contributed by atoms with van der Waals surface area (Å²) in [7, 11) is 0. The quantitative estimate of drug-likeness (QED) is 0.760. The normalized spacial score (nSPS) is 10.2. The third-order valence-electron chi connectivity index (χ3n) is 3.00. The highest BCUT2D eigenvalue weighted by Gasteiger charge is 2.08. The van der Waals surface area contributed by atoms with Crippen LogP contribution in [0.3, 0.4) is 0 Å². The minimum absolute atomic E-state index is 0.0724. The van der Waals surface area contributed by atoms with Gasteiger partial charge in [0.15, 0.2) is 6.61 Å². The Morgan fingerprint density at radius 2 is 1.96 bits per heavy atom. The highest BCUT2D eigenvalue weighted by molar-refractivity contribution is 9.10. The van der Waals surface area contributed by atoms with Crippen molar-refractivity contribution in [3.05, 3.63) is 57.5 Å². The van der Waals surface area contributed by atoms with Crippen LogP contribution in [0.5, 0.6) is 11.5 Å². The molecule has 4 nitrogen and oxygen atoms in total. The Morgan fingerprint density at radius 1 is 1.17 bits per heavy atom. The van der Waals surface area contributed by atoms with Crippen molar-refractivity contribution in [2.24, 2.45) is 0 Å². The third-order valence-corrected chi connectivity index (χ3v) is 3.86. The number of hydrogen-bond acceptors (Lipinski definition) is 3. The second-order valence-corrected chi connectivity index (χ2v) is 5.97.